The number of hydrogen-bond acceptors (Lipinski definition) is 3. The van der Waals surface area contributed by atoms with Gasteiger partial charge in [-0.15, -0.1) is 0 Å². The number of carbonyl (C=O) groups is 1. The molecule has 1 unspecified atom stereocenters. The van der Waals surface area contributed by atoms with Crippen molar-refractivity contribution < 1.29 is 14.0 Å². The van der Waals surface area contributed by atoms with Crippen LogP contribution in [0.1, 0.15) is 79.6 Å². The molecule has 0 bridgehead atoms. The first-order valence-corrected chi connectivity index (χ1v) is 13.5. The van der Waals surface area contributed by atoms with Gasteiger partial charge >= 0.3 is 5.97 Å². The van der Waals surface area contributed by atoms with Gasteiger partial charge in [-0.1, -0.05) is 39.3 Å². The Morgan fingerprint density at radius 1 is 1.33 bits per heavy atom. The van der Waals surface area contributed by atoms with E-state index in [4.69, 9.17) is 9.16 Å². The highest BCUT2D eigenvalue weighted by atomic mass is 28.4. The van der Waals surface area contributed by atoms with Crippen LogP contribution in [0.2, 0.25) is 18.1 Å². The van der Waals surface area contributed by atoms with Crippen molar-refractivity contribution in [1.29, 1.82) is 0 Å². The molecule has 3 nitrogen and oxygen atoms in total. The summed E-state index contributed by atoms with van der Waals surface area (Å²) in [5, 5.41) is 0.230. The molecule has 2 rings (SSSR count). The lowest BCUT2D eigenvalue weighted by atomic mass is 9.68. The van der Waals surface area contributed by atoms with Crippen molar-refractivity contribution in [2.45, 2.75) is 104 Å². The molecule has 0 aromatic heterocycles. The predicted octanol–water partition coefficient (Wildman–Crippen LogP) is 6.56. The molecule has 0 fully saturated rings. The molecule has 0 aliphatic heterocycles. The second-order valence-corrected chi connectivity index (χ2v) is 15.0. The summed E-state index contributed by atoms with van der Waals surface area (Å²) in [5.41, 5.74) is 3.51. The number of methoxy groups -OCH3 is 1. The Labute approximate surface area is 167 Å². The fourth-order valence-electron chi connectivity index (χ4n) is 4.37. The minimum absolute atomic E-state index is 0.0830. The fraction of sp³-hybridized carbons (Fsp3) is 0.783. The Balaban J connectivity index is 2.10. The maximum atomic E-state index is 12.4. The van der Waals surface area contributed by atoms with Crippen LogP contribution in [0.15, 0.2) is 22.8 Å². The molecule has 0 saturated heterocycles. The van der Waals surface area contributed by atoms with Crippen molar-refractivity contribution >= 4 is 14.3 Å². The zero-order chi connectivity index (χ0) is 20.5. The Morgan fingerprint density at radius 2 is 2.00 bits per heavy atom. The number of hydrogen-bond donors (Lipinski definition) is 0. The third kappa shape index (κ3) is 4.95. The van der Waals surface area contributed by atoms with E-state index in [9.17, 15) is 4.79 Å². The molecule has 0 heterocycles. The largest absolute Gasteiger partial charge is 0.466 e. The van der Waals surface area contributed by atoms with Crippen LogP contribution in [-0.2, 0) is 14.0 Å². The van der Waals surface area contributed by atoms with Gasteiger partial charge in [-0.2, -0.15) is 0 Å². The van der Waals surface area contributed by atoms with E-state index < -0.39 is 8.32 Å². The average Bonchev–Trinajstić information content (AvgIpc) is 2.98. The van der Waals surface area contributed by atoms with E-state index >= 15 is 0 Å². The smallest absolute Gasteiger partial charge is 0.334 e. The molecule has 27 heavy (non-hydrogen) atoms. The van der Waals surface area contributed by atoms with Crippen LogP contribution in [0.4, 0.5) is 0 Å². The van der Waals surface area contributed by atoms with Crippen LogP contribution < -0.4 is 0 Å². The second kappa shape index (κ2) is 8.24. The summed E-state index contributed by atoms with van der Waals surface area (Å²) in [6.07, 6.45) is 10.1. The van der Waals surface area contributed by atoms with Crippen LogP contribution in [0.25, 0.3) is 0 Å². The maximum Gasteiger partial charge on any atom is 0.334 e. The monoisotopic (exact) mass is 392 g/mol. The van der Waals surface area contributed by atoms with Crippen molar-refractivity contribution in [3.63, 3.8) is 0 Å². The van der Waals surface area contributed by atoms with Crippen molar-refractivity contribution in [1.82, 2.24) is 0 Å². The van der Waals surface area contributed by atoms with Crippen molar-refractivity contribution in [3.8, 4) is 0 Å². The summed E-state index contributed by atoms with van der Waals surface area (Å²) >= 11 is 0. The molecular formula is C23H40O3Si. The average molecular weight is 393 g/mol. The summed E-state index contributed by atoms with van der Waals surface area (Å²) in [6.45, 7) is 15.9. The normalized spacial score (nSPS) is 27.0. The Morgan fingerprint density at radius 3 is 2.59 bits per heavy atom. The molecule has 0 amide bonds. The second-order valence-electron chi connectivity index (χ2n) is 10.3. The molecule has 2 atom stereocenters. The van der Waals surface area contributed by atoms with Crippen LogP contribution in [0, 0.1) is 5.41 Å². The molecular weight excluding hydrogens is 352 g/mol. The van der Waals surface area contributed by atoms with E-state index in [0.29, 0.717) is 0 Å². The SMILES string of the molecule is COC(=O)C1=C(C)CCC[C@@]1(C)CCC1=CCCC1O[Si](C)(C)C(C)(C)C. The molecule has 0 aromatic rings. The zero-order valence-electron chi connectivity index (χ0n) is 18.8. The number of ether oxygens (including phenoxy) is 1. The van der Waals surface area contributed by atoms with Gasteiger partial charge in [-0.3, -0.25) is 0 Å². The number of allylic oxidation sites excluding steroid dienone is 2. The zero-order valence-corrected chi connectivity index (χ0v) is 19.8. The van der Waals surface area contributed by atoms with Gasteiger partial charge in [-0.25, -0.2) is 4.79 Å². The first kappa shape index (κ1) is 22.4. The van der Waals surface area contributed by atoms with Crippen molar-refractivity contribution in [2.24, 2.45) is 5.41 Å². The van der Waals surface area contributed by atoms with Gasteiger partial charge in [0.1, 0.15) is 0 Å². The topological polar surface area (TPSA) is 35.5 Å². The first-order chi connectivity index (χ1) is 12.4. The van der Waals surface area contributed by atoms with Crippen molar-refractivity contribution in [2.75, 3.05) is 7.11 Å². The third-order valence-corrected chi connectivity index (χ3v) is 11.6. The Bertz CT molecular complexity index is 624. The highest BCUT2D eigenvalue weighted by molar-refractivity contribution is 6.74. The third-order valence-electron chi connectivity index (χ3n) is 7.16. The van der Waals surface area contributed by atoms with E-state index in [1.807, 2.05) is 0 Å². The highest BCUT2D eigenvalue weighted by Crippen LogP contribution is 2.46. The quantitative estimate of drug-likeness (QED) is 0.292. The van der Waals surface area contributed by atoms with Crippen LogP contribution in [0.5, 0.6) is 0 Å². The van der Waals surface area contributed by atoms with Crippen LogP contribution in [0.3, 0.4) is 0 Å². The lowest BCUT2D eigenvalue weighted by Crippen LogP contribution is -2.44. The lowest BCUT2D eigenvalue weighted by molar-refractivity contribution is -0.137. The van der Waals surface area contributed by atoms with Gasteiger partial charge in [0.2, 0.25) is 0 Å². The summed E-state index contributed by atoms with van der Waals surface area (Å²) in [4.78, 5) is 12.4. The Kier molecular flexibility index (Phi) is 6.84. The van der Waals surface area contributed by atoms with E-state index in [2.05, 4.69) is 53.8 Å². The molecule has 2 aliphatic carbocycles. The van der Waals surface area contributed by atoms with Gasteiger partial charge in [-0.05, 0) is 81.0 Å². The number of esters is 1. The number of carbonyl (C=O) groups excluding carboxylic acids is 1. The summed E-state index contributed by atoms with van der Waals surface area (Å²) in [6, 6.07) is 0. The molecule has 0 saturated carbocycles. The van der Waals surface area contributed by atoms with Gasteiger partial charge in [0.15, 0.2) is 8.32 Å². The predicted molar refractivity (Wildman–Crippen MR) is 115 cm³/mol. The molecule has 0 N–H and O–H groups in total. The van der Waals surface area contributed by atoms with E-state index in [1.165, 1.54) is 18.3 Å². The van der Waals surface area contributed by atoms with Gasteiger partial charge in [0.05, 0.1) is 13.2 Å². The van der Waals surface area contributed by atoms with Gasteiger partial charge < -0.3 is 9.16 Å². The lowest BCUT2D eigenvalue weighted by Gasteiger charge is -2.40. The summed E-state index contributed by atoms with van der Waals surface area (Å²) in [5.74, 6) is -0.135. The van der Waals surface area contributed by atoms with Gasteiger partial charge in [0, 0.05) is 5.57 Å². The molecule has 0 aromatic carbocycles. The molecule has 0 radical (unpaired) electrons. The van der Waals surface area contributed by atoms with E-state index in [0.717, 1.165) is 50.5 Å². The molecule has 2 aliphatic rings. The standard InChI is InChI=1S/C23H40O3Si/c1-17-11-10-15-23(5,20(17)21(24)25-6)16-14-18-12-9-13-19(18)26-27(7,8)22(2,3)4/h12,19H,9-11,13-16H2,1-8H3/t19?,23-/m0/s1. The van der Waals surface area contributed by atoms with Crippen molar-refractivity contribution in [3.05, 3.63) is 22.8 Å². The Hall–Kier alpha value is -0.873. The maximum absolute atomic E-state index is 12.4. The summed E-state index contributed by atoms with van der Waals surface area (Å²) in [7, 11) is -0.271. The fourth-order valence-corrected chi connectivity index (χ4v) is 5.70. The molecule has 4 heteroatoms. The number of rotatable bonds is 6. The van der Waals surface area contributed by atoms with Gasteiger partial charge in [0.25, 0.3) is 0 Å². The highest BCUT2D eigenvalue weighted by Gasteiger charge is 2.41. The first-order valence-electron chi connectivity index (χ1n) is 10.6. The molecule has 0 spiro atoms. The summed E-state index contributed by atoms with van der Waals surface area (Å²) < 4.78 is 11.9. The van der Waals surface area contributed by atoms with Crippen LogP contribution >= 0.6 is 0 Å². The van der Waals surface area contributed by atoms with E-state index in [-0.39, 0.29) is 22.5 Å². The van der Waals surface area contributed by atoms with E-state index in [1.54, 1.807) is 0 Å². The molecule has 154 valence electrons. The minimum Gasteiger partial charge on any atom is -0.466 e. The van der Waals surface area contributed by atoms with Crippen LogP contribution in [-0.4, -0.2) is 27.5 Å². The minimum atomic E-state index is -1.77.